The van der Waals surface area contributed by atoms with E-state index in [2.05, 4.69) is 16.7 Å². The van der Waals surface area contributed by atoms with Crippen LogP contribution in [0.15, 0.2) is 9.98 Å². The lowest BCUT2D eigenvalue weighted by Gasteiger charge is -2.12. The number of nitrogens with zero attached hydrogens (tertiary/aromatic N) is 2. The van der Waals surface area contributed by atoms with Crippen LogP contribution in [0.5, 0.6) is 0 Å². The zero-order valence-corrected chi connectivity index (χ0v) is 10.9. The van der Waals surface area contributed by atoms with E-state index in [1.54, 1.807) is 0 Å². The largest absolute Gasteiger partial charge is 0.283 e. The van der Waals surface area contributed by atoms with Gasteiger partial charge in [-0.2, -0.15) is 0 Å². The number of aliphatic imine (C=N–C) groups is 2. The standard InChI is InChI=1S/C5H3Cl6N3/c1-13-3(5(9,10)11)14-2(12)4(6,7)8/h12H,1H2/b12-2?,14-3-. The molecule has 0 unspecified atom stereocenters. The summed E-state index contributed by atoms with van der Waals surface area (Å²) in [6.07, 6.45) is 0. The van der Waals surface area contributed by atoms with E-state index in [1.165, 1.54) is 0 Å². The van der Waals surface area contributed by atoms with Crippen LogP contribution in [0.1, 0.15) is 0 Å². The molecule has 9 heteroatoms. The van der Waals surface area contributed by atoms with Crippen LogP contribution in [-0.2, 0) is 0 Å². The van der Waals surface area contributed by atoms with Crippen molar-refractivity contribution in [3.8, 4) is 0 Å². The molecule has 0 spiro atoms. The molecule has 80 valence electrons. The van der Waals surface area contributed by atoms with Crippen molar-refractivity contribution in [1.29, 1.82) is 5.41 Å². The number of rotatable bonds is 0. The molecule has 0 aromatic heterocycles. The minimum Gasteiger partial charge on any atom is -0.283 e. The van der Waals surface area contributed by atoms with Gasteiger partial charge in [0.1, 0.15) is 0 Å². The summed E-state index contributed by atoms with van der Waals surface area (Å²) in [7, 11) is 0. The Bertz CT molecular complexity index is 272. The second kappa shape index (κ2) is 5.19. The van der Waals surface area contributed by atoms with Crippen molar-refractivity contribution < 1.29 is 0 Å². The van der Waals surface area contributed by atoms with Gasteiger partial charge in [-0.3, -0.25) is 5.41 Å². The maximum atomic E-state index is 7.21. The Morgan fingerprint density at radius 2 is 1.43 bits per heavy atom. The van der Waals surface area contributed by atoms with Crippen LogP contribution in [0.25, 0.3) is 0 Å². The van der Waals surface area contributed by atoms with Crippen molar-refractivity contribution in [2.45, 2.75) is 7.59 Å². The van der Waals surface area contributed by atoms with E-state index < -0.39 is 13.4 Å². The van der Waals surface area contributed by atoms with Crippen LogP contribution in [0.4, 0.5) is 0 Å². The third-order valence-electron chi connectivity index (χ3n) is 0.890. The quantitative estimate of drug-likeness (QED) is 0.401. The molecule has 1 N–H and O–H groups in total. The lowest BCUT2D eigenvalue weighted by Crippen LogP contribution is -2.23. The topological polar surface area (TPSA) is 48.6 Å². The number of amidine groups is 2. The zero-order chi connectivity index (χ0) is 11.6. The van der Waals surface area contributed by atoms with Gasteiger partial charge in [-0.15, -0.1) is 0 Å². The molecule has 0 aliphatic carbocycles. The first-order chi connectivity index (χ1) is 6.09. The smallest absolute Gasteiger partial charge is 0.250 e. The molecular formula is C5H3Cl6N3. The third kappa shape index (κ3) is 5.01. The van der Waals surface area contributed by atoms with Gasteiger partial charge in [0.2, 0.25) is 7.59 Å². The maximum Gasteiger partial charge on any atom is 0.250 e. The second-order valence-electron chi connectivity index (χ2n) is 1.94. The molecule has 0 aromatic rings. The Kier molecular flexibility index (Phi) is 5.47. The molecule has 0 saturated carbocycles. The van der Waals surface area contributed by atoms with Crippen LogP contribution in [0.3, 0.4) is 0 Å². The van der Waals surface area contributed by atoms with Crippen molar-refractivity contribution in [1.82, 2.24) is 0 Å². The molecule has 0 fully saturated rings. The second-order valence-corrected chi connectivity index (χ2v) is 6.50. The number of alkyl halides is 6. The number of hydrogen-bond acceptors (Lipinski definition) is 1. The highest BCUT2D eigenvalue weighted by Crippen LogP contribution is 2.32. The van der Waals surface area contributed by atoms with Crippen molar-refractivity contribution in [2.75, 3.05) is 0 Å². The number of hydrogen-bond donors (Lipinski definition) is 1. The average Bonchev–Trinajstić information content (AvgIpc) is 1.95. The Labute approximate surface area is 110 Å². The summed E-state index contributed by atoms with van der Waals surface area (Å²) in [5.41, 5.74) is 0. The van der Waals surface area contributed by atoms with Gasteiger partial charge in [0.25, 0.3) is 0 Å². The molecule has 0 amide bonds. The minimum atomic E-state index is -1.99. The van der Waals surface area contributed by atoms with Crippen molar-refractivity contribution >= 4 is 88.0 Å². The lowest BCUT2D eigenvalue weighted by atomic mass is 10.6. The van der Waals surface area contributed by atoms with Gasteiger partial charge in [0.05, 0.1) is 0 Å². The summed E-state index contributed by atoms with van der Waals surface area (Å²) in [5, 5.41) is 7.21. The van der Waals surface area contributed by atoms with Gasteiger partial charge in [0, 0.05) is 0 Å². The summed E-state index contributed by atoms with van der Waals surface area (Å²) < 4.78 is -3.91. The first kappa shape index (κ1) is 14.8. The highest BCUT2D eigenvalue weighted by Gasteiger charge is 2.32. The van der Waals surface area contributed by atoms with E-state index in [0.29, 0.717) is 0 Å². The number of halogens is 6. The Morgan fingerprint density at radius 3 is 1.64 bits per heavy atom. The predicted molar refractivity (Wildman–Crippen MR) is 65.3 cm³/mol. The molecule has 0 heterocycles. The zero-order valence-electron chi connectivity index (χ0n) is 6.37. The highest BCUT2D eigenvalue weighted by atomic mass is 35.6. The summed E-state index contributed by atoms with van der Waals surface area (Å²) in [6.45, 7) is 3.10. The van der Waals surface area contributed by atoms with Crippen LogP contribution in [-0.4, -0.2) is 26.0 Å². The van der Waals surface area contributed by atoms with E-state index in [4.69, 9.17) is 75.0 Å². The molecule has 3 nitrogen and oxygen atoms in total. The minimum absolute atomic E-state index is 0.334. The molecule has 0 saturated heterocycles. The van der Waals surface area contributed by atoms with E-state index >= 15 is 0 Å². The first-order valence-electron chi connectivity index (χ1n) is 2.87. The van der Waals surface area contributed by atoms with E-state index in [1.807, 2.05) is 0 Å². The lowest BCUT2D eigenvalue weighted by molar-refractivity contribution is 1.30. The normalized spacial score (nSPS) is 14.0. The van der Waals surface area contributed by atoms with Gasteiger partial charge >= 0.3 is 0 Å². The van der Waals surface area contributed by atoms with Crippen LogP contribution >= 0.6 is 69.6 Å². The SMILES string of the molecule is C=N/C(=N\C(=N)C(Cl)(Cl)Cl)C(Cl)(Cl)Cl. The van der Waals surface area contributed by atoms with E-state index in [0.717, 1.165) is 0 Å². The fourth-order valence-corrected chi connectivity index (χ4v) is 0.791. The fourth-order valence-electron chi connectivity index (χ4n) is 0.358. The molecule has 0 bridgehead atoms. The Balaban J connectivity index is 4.98. The van der Waals surface area contributed by atoms with Gasteiger partial charge in [-0.05, 0) is 6.72 Å². The van der Waals surface area contributed by atoms with Crippen molar-refractivity contribution in [3.05, 3.63) is 0 Å². The van der Waals surface area contributed by atoms with Gasteiger partial charge in [-0.25, -0.2) is 9.98 Å². The fraction of sp³-hybridized carbons (Fsp3) is 0.400. The Morgan fingerprint density at radius 1 is 1.00 bits per heavy atom. The molecule has 14 heavy (non-hydrogen) atoms. The summed E-state index contributed by atoms with van der Waals surface area (Å²) in [6, 6.07) is 0. The van der Waals surface area contributed by atoms with E-state index in [9.17, 15) is 0 Å². The van der Waals surface area contributed by atoms with Crippen LogP contribution < -0.4 is 0 Å². The first-order valence-corrected chi connectivity index (χ1v) is 5.14. The monoisotopic (exact) mass is 315 g/mol. The molecule has 0 aliphatic rings. The van der Waals surface area contributed by atoms with Crippen LogP contribution in [0.2, 0.25) is 0 Å². The molecular weight excluding hydrogens is 315 g/mol. The van der Waals surface area contributed by atoms with E-state index in [-0.39, 0.29) is 5.84 Å². The van der Waals surface area contributed by atoms with Gasteiger partial charge in [-0.1, -0.05) is 69.6 Å². The molecule has 0 aromatic carbocycles. The Hall–Kier alpha value is 0.750. The summed E-state index contributed by atoms with van der Waals surface area (Å²) in [4.78, 5) is 6.72. The highest BCUT2D eigenvalue weighted by molar-refractivity contribution is 6.78. The van der Waals surface area contributed by atoms with Crippen molar-refractivity contribution in [2.24, 2.45) is 9.98 Å². The average molecular weight is 318 g/mol. The summed E-state index contributed by atoms with van der Waals surface area (Å²) >= 11 is 32.3. The molecule has 0 atom stereocenters. The number of nitrogens with one attached hydrogen (secondary N) is 1. The third-order valence-corrected chi connectivity index (χ3v) is 1.93. The van der Waals surface area contributed by atoms with Crippen LogP contribution in [0, 0.1) is 5.41 Å². The van der Waals surface area contributed by atoms with Gasteiger partial charge in [0.15, 0.2) is 11.7 Å². The molecule has 0 aliphatic heterocycles. The van der Waals surface area contributed by atoms with Crippen molar-refractivity contribution in [3.63, 3.8) is 0 Å². The summed E-state index contributed by atoms with van der Waals surface area (Å²) in [5.74, 6) is -0.949. The molecule has 0 rings (SSSR count). The molecule has 0 radical (unpaired) electrons. The van der Waals surface area contributed by atoms with Gasteiger partial charge < -0.3 is 0 Å². The maximum absolute atomic E-state index is 7.21. The predicted octanol–water partition coefficient (Wildman–Crippen LogP) is 3.80.